The standard InChI is InChI=1S/C40H51N9O3/c1-25(2)34(46-38-41-19-22-47(38)6)37(50)48-20-7-9-32(48)35-42-23-30(44-35)28-15-11-26(12-16-28)27-13-17-29(18-14-27)31-24-43-36(45-31)33-10-8-21-49(33)39(51)52-40(3,4)5/h11-18,23-25,32-34H,7-10,19-22H2,1-6H3,(H,41,46)(H,42,44)(H,43,45)/t32-,33+,34+/m0/s1. The van der Waals surface area contributed by atoms with Crippen LogP contribution in [-0.2, 0) is 9.53 Å². The lowest BCUT2D eigenvalue weighted by Crippen LogP contribution is -2.53. The number of aromatic amines is 2. The van der Waals surface area contributed by atoms with Crippen molar-refractivity contribution in [3.05, 3.63) is 72.6 Å². The van der Waals surface area contributed by atoms with Crippen molar-refractivity contribution >= 4 is 18.0 Å². The van der Waals surface area contributed by atoms with Crippen molar-refractivity contribution in [3.63, 3.8) is 0 Å². The van der Waals surface area contributed by atoms with Crippen LogP contribution in [0.5, 0.6) is 0 Å². The number of hydrogen-bond donors (Lipinski definition) is 3. The molecule has 2 aromatic carbocycles. The minimum absolute atomic E-state index is 0.0849. The van der Waals surface area contributed by atoms with E-state index in [-0.39, 0.29) is 36.0 Å². The molecule has 0 radical (unpaired) electrons. The molecule has 2 saturated heterocycles. The van der Waals surface area contributed by atoms with E-state index < -0.39 is 5.60 Å². The van der Waals surface area contributed by atoms with Gasteiger partial charge < -0.3 is 29.8 Å². The summed E-state index contributed by atoms with van der Waals surface area (Å²) in [4.78, 5) is 53.5. The Labute approximate surface area is 306 Å². The van der Waals surface area contributed by atoms with E-state index >= 15 is 0 Å². The molecule has 0 aliphatic carbocycles. The van der Waals surface area contributed by atoms with Crippen molar-refractivity contribution < 1.29 is 14.3 Å². The van der Waals surface area contributed by atoms with Crippen LogP contribution in [0.2, 0.25) is 0 Å². The molecule has 0 bridgehead atoms. The largest absolute Gasteiger partial charge is 0.444 e. The SMILES string of the molecule is CC(C)[C@@H](NC1=NCCN1C)C(=O)N1CCC[C@H]1c1ncc(-c2ccc(-c3ccc(-c4cnc([C@H]5CCCN5C(=O)OC(C)(C)C)[nH]4)cc3)cc2)[nH]1. The molecule has 3 aliphatic rings. The van der Waals surface area contributed by atoms with Crippen LogP contribution in [0.15, 0.2) is 65.9 Å². The molecule has 274 valence electrons. The zero-order chi connectivity index (χ0) is 36.6. The second-order valence-corrected chi connectivity index (χ2v) is 15.5. The topological polar surface area (TPSA) is 135 Å². The summed E-state index contributed by atoms with van der Waals surface area (Å²) in [5.74, 6) is 2.62. The zero-order valence-corrected chi connectivity index (χ0v) is 31.1. The van der Waals surface area contributed by atoms with Crippen LogP contribution in [0.3, 0.4) is 0 Å². The van der Waals surface area contributed by atoms with E-state index in [1.807, 2.05) is 45.1 Å². The number of rotatable bonds is 8. The summed E-state index contributed by atoms with van der Waals surface area (Å²) in [5, 5.41) is 3.43. The highest BCUT2D eigenvalue weighted by Gasteiger charge is 2.38. The Bertz CT molecular complexity index is 1900. The van der Waals surface area contributed by atoms with Crippen molar-refractivity contribution in [2.24, 2.45) is 10.9 Å². The van der Waals surface area contributed by atoms with Crippen molar-refractivity contribution in [2.45, 2.75) is 84.0 Å². The number of nitrogens with zero attached hydrogens (tertiary/aromatic N) is 6. The summed E-state index contributed by atoms with van der Waals surface area (Å²) in [5.41, 5.74) is 5.59. The molecule has 3 aliphatic heterocycles. The number of likely N-dealkylation sites (tertiary alicyclic amines) is 2. The lowest BCUT2D eigenvalue weighted by atomic mass is 10.0. The Morgan fingerprint density at radius 3 is 1.77 bits per heavy atom. The van der Waals surface area contributed by atoms with Gasteiger partial charge in [-0.2, -0.15) is 0 Å². The predicted molar refractivity (Wildman–Crippen MR) is 202 cm³/mol. The van der Waals surface area contributed by atoms with Gasteiger partial charge in [-0.15, -0.1) is 0 Å². The number of carbonyl (C=O) groups excluding carboxylic acids is 2. The van der Waals surface area contributed by atoms with Gasteiger partial charge in [-0.3, -0.25) is 14.7 Å². The molecule has 0 spiro atoms. The highest BCUT2D eigenvalue weighted by molar-refractivity contribution is 5.90. The maximum atomic E-state index is 13.9. The van der Waals surface area contributed by atoms with Crippen LogP contribution >= 0.6 is 0 Å². The highest BCUT2D eigenvalue weighted by Crippen LogP contribution is 2.35. The number of H-pyrrole nitrogens is 2. The maximum absolute atomic E-state index is 13.9. The summed E-state index contributed by atoms with van der Waals surface area (Å²) < 4.78 is 5.64. The fraction of sp³-hybridized carbons (Fsp3) is 0.475. The molecule has 7 rings (SSSR count). The molecule has 12 nitrogen and oxygen atoms in total. The van der Waals surface area contributed by atoms with Gasteiger partial charge in [-0.25, -0.2) is 14.8 Å². The fourth-order valence-electron chi connectivity index (χ4n) is 7.41. The fourth-order valence-corrected chi connectivity index (χ4v) is 7.41. The Hall–Kier alpha value is -5.13. The molecule has 52 heavy (non-hydrogen) atoms. The van der Waals surface area contributed by atoms with Gasteiger partial charge in [0.2, 0.25) is 5.91 Å². The molecule has 3 atom stereocenters. The Kier molecular flexibility index (Phi) is 9.82. The summed E-state index contributed by atoms with van der Waals surface area (Å²) in [6, 6.07) is 16.3. The first kappa shape index (κ1) is 35.3. The van der Waals surface area contributed by atoms with Crippen LogP contribution in [-0.4, -0.2) is 97.5 Å². The number of nitrogens with one attached hydrogen (secondary N) is 3. The maximum Gasteiger partial charge on any atom is 0.410 e. The Morgan fingerprint density at radius 1 is 0.788 bits per heavy atom. The first-order chi connectivity index (χ1) is 24.9. The number of ether oxygens (including phenoxy) is 1. The molecule has 2 amide bonds. The number of hydrogen-bond acceptors (Lipinski definition) is 8. The molecule has 3 N–H and O–H groups in total. The first-order valence-electron chi connectivity index (χ1n) is 18.6. The van der Waals surface area contributed by atoms with Crippen LogP contribution in [0.4, 0.5) is 4.79 Å². The molecule has 4 aromatic rings. The van der Waals surface area contributed by atoms with Gasteiger partial charge >= 0.3 is 6.09 Å². The average Bonchev–Trinajstić information content (AvgIpc) is 3.96. The number of aliphatic imine (C=N–C) groups is 1. The molecule has 2 aromatic heterocycles. The number of carbonyl (C=O) groups is 2. The third-order valence-corrected chi connectivity index (χ3v) is 10.2. The summed E-state index contributed by atoms with van der Waals surface area (Å²) in [6.07, 6.45) is 7.01. The van der Waals surface area contributed by atoms with Gasteiger partial charge in [-0.1, -0.05) is 62.4 Å². The number of guanidine groups is 1. The second-order valence-electron chi connectivity index (χ2n) is 15.5. The molecule has 2 fully saturated rings. The lowest BCUT2D eigenvalue weighted by molar-refractivity contribution is -0.135. The van der Waals surface area contributed by atoms with Crippen LogP contribution in [0, 0.1) is 5.92 Å². The minimum atomic E-state index is -0.539. The number of benzene rings is 2. The first-order valence-corrected chi connectivity index (χ1v) is 18.6. The number of aromatic nitrogens is 4. The predicted octanol–water partition coefficient (Wildman–Crippen LogP) is 6.78. The van der Waals surface area contributed by atoms with Crippen LogP contribution in [0.25, 0.3) is 33.6 Å². The van der Waals surface area contributed by atoms with E-state index in [4.69, 9.17) is 9.72 Å². The molecule has 12 heteroatoms. The van der Waals surface area contributed by atoms with E-state index in [1.165, 1.54) is 0 Å². The van der Waals surface area contributed by atoms with E-state index in [2.05, 4.69) is 92.5 Å². The summed E-state index contributed by atoms with van der Waals surface area (Å²) in [7, 11) is 2.00. The smallest absolute Gasteiger partial charge is 0.410 e. The van der Waals surface area contributed by atoms with Gasteiger partial charge in [0.25, 0.3) is 0 Å². The van der Waals surface area contributed by atoms with E-state index in [0.29, 0.717) is 6.54 Å². The Balaban J connectivity index is 0.998. The molecular formula is C40H51N9O3. The van der Waals surface area contributed by atoms with E-state index in [0.717, 1.165) is 96.6 Å². The van der Waals surface area contributed by atoms with E-state index in [9.17, 15) is 9.59 Å². The monoisotopic (exact) mass is 705 g/mol. The minimum Gasteiger partial charge on any atom is -0.444 e. The normalized spacial score (nSPS) is 19.8. The molecule has 0 unspecified atom stereocenters. The zero-order valence-electron chi connectivity index (χ0n) is 31.1. The van der Waals surface area contributed by atoms with Gasteiger partial charge in [0.05, 0.1) is 42.4 Å². The van der Waals surface area contributed by atoms with Crippen molar-refractivity contribution in [1.29, 1.82) is 0 Å². The van der Waals surface area contributed by atoms with Gasteiger partial charge in [-0.05, 0) is 74.6 Å². The summed E-state index contributed by atoms with van der Waals surface area (Å²) >= 11 is 0. The van der Waals surface area contributed by atoms with Crippen molar-refractivity contribution in [3.8, 4) is 33.6 Å². The third kappa shape index (κ3) is 7.42. The molecule has 0 saturated carbocycles. The molecular weight excluding hydrogens is 655 g/mol. The van der Waals surface area contributed by atoms with Crippen LogP contribution in [0.1, 0.15) is 84.0 Å². The van der Waals surface area contributed by atoms with Gasteiger partial charge in [0.15, 0.2) is 5.96 Å². The van der Waals surface area contributed by atoms with Crippen molar-refractivity contribution in [1.82, 2.24) is 40.0 Å². The lowest BCUT2D eigenvalue weighted by Gasteiger charge is -2.31. The third-order valence-electron chi connectivity index (χ3n) is 10.2. The van der Waals surface area contributed by atoms with Gasteiger partial charge in [0, 0.05) is 26.7 Å². The number of imidazole rings is 2. The Morgan fingerprint density at radius 2 is 1.29 bits per heavy atom. The van der Waals surface area contributed by atoms with E-state index in [1.54, 1.807) is 4.90 Å². The number of amides is 2. The van der Waals surface area contributed by atoms with Crippen LogP contribution < -0.4 is 5.32 Å². The quantitative estimate of drug-likeness (QED) is 0.184. The highest BCUT2D eigenvalue weighted by atomic mass is 16.6. The van der Waals surface area contributed by atoms with Crippen molar-refractivity contribution in [2.75, 3.05) is 33.2 Å². The summed E-state index contributed by atoms with van der Waals surface area (Å²) in [6.45, 7) is 12.8. The average molecular weight is 706 g/mol. The number of likely N-dealkylation sites (N-methyl/N-ethyl adjacent to an activating group) is 1. The molecule has 5 heterocycles. The second kappa shape index (κ2) is 14.5. The van der Waals surface area contributed by atoms with Gasteiger partial charge in [0.1, 0.15) is 23.3 Å².